The molecule has 0 unspecified atom stereocenters. The standard InChI is InChI=1S/C22H18ClNO3/c23-17-10-8-16(9-11-17)22(12-13-22)21(26)27-14-20(25)24-19-7-3-5-15-4-1-2-6-18(15)19/h1-11H,12-14H2,(H,24,25). The molecular weight excluding hydrogens is 362 g/mol. The van der Waals surface area contributed by atoms with Gasteiger partial charge in [0.1, 0.15) is 0 Å². The molecule has 0 aliphatic heterocycles. The number of fused-ring (bicyclic) bond motifs is 1. The van der Waals surface area contributed by atoms with Gasteiger partial charge in [0.05, 0.1) is 5.41 Å². The summed E-state index contributed by atoms with van der Waals surface area (Å²) >= 11 is 5.91. The van der Waals surface area contributed by atoms with Crippen molar-refractivity contribution in [3.63, 3.8) is 0 Å². The fraction of sp³-hybridized carbons (Fsp3) is 0.182. The number of halogens is 1. The highest BCUT2D eigenvalue weighted by Gasteiger charge is 2.52. The van der Waals surface area contributed by atoms with E-state index in [2.05, 4.69) is 5.32 Å². The molecule has 0 saturated heterocycles. The SMILES string of the molecule is O=C(COC(=O)C1(c2ccc(Cl)cc2)CC1)Nc1cccc2ccccc12. The van der Waals surface area contributed by atoms with Crippen molar-refractivity contribution in [3.05, 3.63) is 77.3 Å². The first-order chi connectivity index (χ1) is 13.1. The average Bonchev–Trinajstić information content (AvgIpc) is 3.49. The minimum Gasteiger partial charge on any atom is -0.455 e. The van der Waals surface area contributed by atoms with Crippen LogP contribution in [0.25, 0.3) is 10.8 Å². The van der Waals surface area contributed by atoms with Gasteiger partial charge < -0.3 is 10.1 Å². The predicted octanol–water partition coefficient (Wildman–Crippen LogP) is 4.71. The topological polar surface area (TPSA) is 55.4 Å². The molecule has 5 heteroatoms. The van der Waals surface area contributed by atoms with E-state index in [1.165, 1.54) is 0 Å². The Kier molecular flexibility index (Phi) is 4.58. The van der Waals surface area contributed by atoms with Crippen LogP contribution in [0, 0.1) is 0 Å². The van der Waals surface area contributed by atoms with E-state index in [-0.39, 0.29) is 18.5 Å². The molecule has 3 aromatic carbocycles. The number of ether oxygens (including phenoxy) is 1. The second kappa shape index (κ2) is 7.05. The molecule has 3 aromatic rings. The van der Waals surface area contributed by atoms with Crippen molar-refractivity contribution in [2.45, 2.75) is 18.3 Å². The van der Waals surface area contributed by atoms with E-state index in [4.69, 9.17) is 16.3 Å². The minimum absolute atomic E-state index is 0.308. The van der Waals surface area contributed by atoms with E-state index < -0.39 is 5.41 Å². The molecule has 1 aliphatic rings. The first kappa shape index (κ1) is 17.6. The minimum atomic E-state index is -0.635. The molecule has 1 saturated carbocycles. The second-order valence-corrected chi connectivity index (χ2v) is 7.18. The van der Waals surface area contributed by atoms with Crippen molar-refractivity contribution < 1.29 is 14.3 Å². The molecule has 0 spiro atoms. The summed E-state index contributed by atoms with van der Waals surface area (Å²) < 4.78 is 5.32. The molecule has 4 nitrogen and oxygen atoms in total. The van der Waals surface area contributed by atoms with Gasteiger partial charge in [-0.05, 0) is 42.0 Å². The van der Waals surface area contributed by atoms with Crippen molar-refractivity contribution in [1.29, 1.82) is 0 Å². The Morgan fingerprint density at radius 1 is 0.963 bits per heavy atom. The number of amides is 1. The van der Waals surface area contributed by atoms with Crippen LogP contribution >= 0.6 is 11.6 Å². The molecule has 1 amide bonds. The van der Waals surface area contributed by atoms with E-state index >= 15 is 0 Å². The Morgan fingerprint density at radius 3 is 2.41 bits per heavy atom. The lowest BCUT2D eigenvalue weighted by atomic mass is 9.96. The van der Waals surface area contributed by atoms with Crippen LogP contribution in [0.5, 0.6) is 0 Å². The zero-order valence-electron chi connectivity index (χ0n) is 14.6. The summed E-state index contributed by atoms with van der Waals surface area (Å²) in [6.45, 7) is -0.308. The van der Waals surface area contributed by atoms with Crippen molar-refractivity contribution in [2.75, 3.05) is 11.9 Å². The Bertz CT molecular complexity index is 1000. The predicted molar refractivity (Wildman–Crippen MR) is 106 cm³/mol. The van der Waals surface area contributed by atoms with Crippen LogP contribution in [0.4, 0.5) is 5.69 Å². The molecule has 0 radical (unpaired) electrons. The lowest BCUT2D eigenvalue weighted by Gasteiger charge is -2.15. The summed E-state index contributed by atoms with van der Waals surface area (Å²) in [6, 6.07) is 20.7. The molecule has 1 aliphatic carbocycles. The number of anilines is 1. The van der Waals surface area contributed by atoms with E-state index in [9.17, 15) is 9.59 Å². The fourth-order valence-corrected chi connectivity index (χ4v) is 3.42. The summed E-state index contributed by atoms with van der Waals surface area (Å²) in [7, 11) is 0. The van der Waals surface area contributed by atoms with Gasteiger partial charge in [-0.3, -0.25) is 9.59 Å². The van der Waals surface area contributed by atoms with Crippen molar-refractivity contribution in [3.8, 4) is 0 Å². The van der Waals surface area contributed by atoms with Gasteiger partial charge in [0.25, 0.3) is 5.91 Å². The summed E-state index contributed by atoms with van der Waals surface area (Å²) in [5.41, 5.74) is 0.948. The highest BCUT2D eigenvalue weighted by Crippen LogP contribution is 2.49. The molecule has 0 heterocycles. The van der Waals surface area contributed by atoms with Crippen molar-refractivity contribution in [2.24, 2.45) is 0 Å². The Hall–Kier alpha value is -2.85. The Labute approximate surface area is 162 Å². The third-order valence-corrected chi connectivity index (χ3v) is 5.19. The monoisotopic (exact) mass is 379 g/mol. The maximum Gasteiger partial charge on any atom is 0.317 e. The van der Waals surface area contributed by atoms with Gasteiger partial charge in [-0.25, -0.2) is 0 Å². The third kappa shape index (κ3) is 3.53. The second-order valence-electron chi connectivity index (χ2n) is 6.74. The lowest BCUT2D eigenvalue weighted by Crippen LogP contribution is -2.28. The quantitative estimate of drug-likeness (QED) is 0.653. The van der Waals surface area contributed by atoms with E-state index in [1.54, 1.807) is 12.1 Å². The summed E-state index contributed by atoms with van der Waals surface area (Å²) in [6.07, 6.45) is 1.44. The Balaban J connectivity index is 1.40. The number of rotatable bonds is 5. The number of esters is 1. The van der Waals surface area contributed by atoms with E-state index in [0.29, 0.717) is 10.7 Å². The van der Waals surface area contributed by atoms with Crippen LogP contribution in [0.2, 0.25) is 5.02 Å². The van der Waals surface area contributed by atoms with Crippen molar-refractivity contribution in [1.82, 2.24) is 0 Å². The number of nitrogens with one attached hydrogen (secondary N) is 1. The molecule has 136 valence electrons. The van der Waals surface area contributed by atoms with Gasteiger partial charge >= 0.3 is 5.97 Å². The zero-order valence-corrected chi connectivity index (χ0v) is 15.3. The van der Waals surface area contributed by atoms with Gasteiger partial charge in [-0.1, -0.05) is 60.1 Å². The van der Waals surface area contributed by atoms with Crippen LogP contribution in [0.3, 0.4) is 0 Å². The molecule has 27 heavy (non-hydrogen) atoms. The highest BCUT2D eigenvalue weighted by molar-refractivity contribution is 6.30. The number of carbonyl (C=O) groups excluding carboxylic acids is 2. The van der Waals surface area contributed by atoms with E-state index in [0.717, 1.165) is 29.2 Å². The van der Waals surface area contributed by atoms with Gasteiger partial charge in [-0.2, -0.15) is 0 Å². The molecular formula is C22H18ClNO3. The van der Waals surface area contributed by atoms with Gasteiger partial charge in [0.15, 0.2) is 6.61 Å². The molecule has 0 aromatic heterocycles. The molecule has 0 atom stereocenters. The Morgan fingerprint density at radius 2 is 1.67 bits per heavy atom. The molecule has 1 fully saturated rings. The highest BCUT2D eigenvalue weighted by atomic mass is 35.5. The van der Waals surface area contributed by atoms with Crippen LogP contribution in [0.1, 0.15) is 18.4 Å². The third-order valence-electron chi connectivity index (χ3n) is 4.94. The molecule has 0 bridgehead atoms. The van der Waals surface area contributed by atoms with E-state index in [1.807, 2.05) is 54.6 Å². The number of benzene rings is 3. The molecule has 4 rings (SSSR count). The molecule has 1 N–H and O–H groups in total. The van der Waals surface area contributed by atoms with Crippen LogP contribution in [-0.4, -0.2) is 18.5 Å². The zero-order chi connectivity index (χ0) is 18.9. The summed E-state index contributed by atoms with van der Waals surface area (Å²) in [4.78, 5) is 24.8. The summed E-state index contributed by atoms with van der Waals surface area (Å²) in [5, 5.41) is 5.43. The number of hydrogen-bond donors (Lipinski definition) is 1. The van der Waals surface area contributed by atoms with Crippen LogP contribution in [0.15, 0.2) is 66.7 Å². The first-order valence-corrected chi connectivity index (χ1v) is 9.17. The normalized spacial score (nSPS) is 14.6. The lowest BCUT2D eigenvalue weighted by molar-refractivity contribution is -0.150. The maximum absolute atomic E-state index is 12.5. The van der Waals surface area contributed by atoms with Crippen LogP contribution < -0.4 is 5.32 Å². The smallest absolute Gasteiger partial charge is 0.317 e. The number of hydrogen-bond acceptors (Lipinski definition) is 3. The largest absolute Gasteiger partial charge is 0.455 e. The number of carbonyl (C=O) groups is 2. The first-order valence-electron chi connectivity index (χ1n) is 8.79. The van der Waals surface area contributed by atoms with Gasteiger partial charge in [-0.15, -0.1) is 0 Å². The van der Waals surface area contributed by atoms with Gasteiger partial charge in [0.2, 0.25) is 0 Å². The van der Waals surface area contributed by atoms with Crippen LogP contribution in [-0.2, 0) is 19.7 Å². The van der Waals surface area contributed by atoms with Gasteiger partial charge in [0, 0.05) is 16.1 Å². The maximum atomic E-state index is 12.5. The fourth-order valence-electron chi connectivity index (χ4n) is 3.29. The summed E-state index contributed by atoms with van der Waals surface area (Å²) in [5.74, 6) is -0.718. The van der Waals surface area contributed by atoms with Crippen molar-refractivity contribution >= 4 is 39.9 Å². The average molecular weight is 380 g/mol.